The van der Waals surface area contributed by atoms with Crippen molar-refractivity contribution in [2.24, 2.45) is 0 Å². The van der Waals surface area contributed by atoms with Gasteiger partial charge in [-0.1, -0.05) is 11.6 Å². The Bertz CT molecular complexity index is 223. The molecule has 1 rings (SSSR count). The average Bonchev–Trinajstić information content (AvgIpc) is 1.88. The molecule has 1 aromatic rings. The van der Waals surface area contributed by atoms with Crippen molar-refractivity contribution in [3.63, 3.8) is 0 Å². The second-order valence-electron chi connectivity index (χ2n) is 1.41. The summed E-state index contributed by atoms with van der Waals surface area (Å²) in [5, 5.41) is 7.13. The largest absolute Gasteiger partial charge is 0.307 e. The molecule has 0 radical (unpaired) electrons. The molecule has 0 aromatic carbocycles. The molecule has 3 nitrogen and oxygen atoms in total. The van der Waals surface area contributed by atoms with Gasteiger partial charge in [-0.3, -0.25) is 0 Å². The van der Waals surface area contributed by atoms with Crippen LogP contribution in [0.2, 0.25) is 5.15 Å². The van der Waals surface area contributed by atoms with Gasteiger partial charge in [-0.15, -0.1) is 0 Å². The molecule has 0 saturated heterocycles. The topological polar surface area (TPSA) is 49.6 Å². The van der Waals surface area contributed by atoms with Gasteiger partial charge in [0, 0.05) is 12.3 Å². The standard InChI is InChI=1S/C5H4ClN3/c6-5-1-4(2-7)8-3-9-5/h1-3,7H. The zero-order valence-corrected chi connectivity index (χ0v) is 5.26. The van der Waals surface area contributed by atoms with Crippen LogP contribution in [0.3, 0.4) is 0 Å². The second kappa shape index (κ2) is 2.55. The number of nitrogens with zero attached hydrogens (tertiary/aromatic N) is 2. The molecule has 0 aliphatic rings. The maximum absolute atomic E-state index is 6.77. The van der Waals surface area contributed by atoms with Crippen LogP contribution in [0.4, 0.5) is 0 Å². The van der Waals surface area contributed by atoms with Crippen LogP contribution in [0.1, 0.15) is 5.69 Å². The van der Waals surface area contributed by atoms with Crippen LogP contribution in [0.25, 0.3) is 0 Å². The summed E-state index contributed by atoms with van der Waals surface area (Å²) in [5.74, 6) is 0. The fraction of sp³-hybridized carbons (Fsp3) is 0. The van der Waals surface area contributed by atoms with E-state index in [4.69, 9.17) is 17.0 Å². The molecule has 1 heterocycles. The van der Waals surface area contributed by atoms with Gasteiger partial charge in [0.2, 0.25) is 0 Å². The maximum Gasteiger partial charge on any atom is 0.133 e. The van der Waals surface area contributed by atoms with E-state index in [0.29, 0.717) is 10.8 Å². The van der Waals surface area contributed by atoms with E-state index in [9.17, 15) is 0 Å². The molecule has 0 atom stereocenters. The Hall–Kier alpha value is -0.960. The van der Waals surface area contributed by atoms with Gasteiger partial charge in [0.25, 0.3) is 0 Å². The van der Waals surface area contributed by atoms with E-state index in [0.717, 1.165) is 6.21 Å². The Morgan fingerprint density at radius 2 is 2.33 bits per heavy atom. The van der Waals surface area contributed by atoms with Gasteiger partial charge in [0.15, 0.2) is 0 Å². The van der Waals surface area contributed by atoms with Crippen LogP contribution >= 0.6 is 11.6 Å². The number of hydrogen-bond donors (Lipinski definition) is 1. The van der Waals surface area contributed by atoms with E-state index in [1.807, 2.05) is 0 Å². The number of halogens is 1. The molecule has 4 heteroatoms. The van der Waals surface area contributed by atoms with Gasteiger partial charge in [0.05, 0.1) is 5.69 Å². The smallest absolute Gasteiger partial charge is 0.133 e. The summed E-state index contributed by atoms with van der Waals surface area (Å²) in [6.07, 6.45) is 2.44. The van der Waals surface area contributed by atoms with Gasteiger partial charge >= 0.3 is 0 Å². The highest BCUT2D eigenvalue weighted by molar-refractivity contribution is 6.29. The van der Waals surface area contributed by atoms with Gasteiger partial charge in [-0.05, 0) is 0 Å². The lowest BCUT2D eigenvalue weighted by atomic mass is 10.4. The molecule has 1 N–H and O–H groups in total. The third-order valence-corrected chi connectivity index (χ3v) is 1.01. The summed E-state index contributed by atoms with van der Waals surface area (Å²) < 4.78 is 0. The molecular weight excluding hydrogens is 138 g/mol. The molecule has 0 saturated carbocycles. The number of nitrogens with one attached hydrogen (secondary N) is 1. The van der Waals surface area contributed by atoms with Crippen molar-refractivity contribution in [1.29, 1.82) is 5.41 Å². The summed E-state index contributed by atoms with van der Waals surface area (Å²) in [4.78, 5) is 7.36. The number of aromatic nitrogens is 2. The molecule has 1 aromatic heterocycles. The summed E-state index contributed by atoms with van der Waals surface area (Å²) in [6.45, 7) is 0. The van der Waals surface area contributed by atoms with Gasteiger partial charge in [-0.2, -0.15) is 0 Å². The Morgan fingerprint density at radius 3 is 2.78 bits per heavy atom. The van der Waals surface area contributed by atoms with Crippen LogP contribution in [-0.4, -0.2) is 16.2 Å². The molecule has 0 unspecified atom stereocenters. The molecule has 46 valence electrons. The van der Waals surface area contributed by atoms with E-state index in [2.05, 4.69) is 9.97 Å². The van der Waals surface area contributed by atoms with Crippen molar-refractivity contribution in [2.75, 3.05) is 0 Å². The molecule has 0 aliphatic carbocycles. The zero-order chi connectivity index (χ0) is 6.69. The minimum atomic E-state index is 0.364. The highest BCUT2D eigenvalue weighted by atomic mass is 35.5. The number of hydrogen-bond acceptors (Lipinski definition) is 3. The lowest BCUT2D eigenvalue weighted by molar-refractivity contribution is 1.15. The van der Waals surface area contributed by atoms with E-state index in [1.54, 1.807) is 0 Å². The summed E-state index contributed by atoms with van der Waals surface area (Å²) in [5.41, 5.74) is 0.523. The fourth-order valence-corrected chi connectivity index (χ4v) is 0.582. The monoisotopic (exact) mass is 141 g/mol. The quantitative estimate of drug-likeness (QED) is 0.471. The van der Waals surface area contributed by atoms with Crippen LogP contribution in [-0.2, 0) is 0 Å². The van der Waals surface area contributed by atoms with E-state index < -0.39 is 0 Å². The van der Waals surface area contributed by atoms with E-state index >= 15 is 0 Å². The highest BCUT2D eigenvalue weighted by Gasteiger charge is 1.89. The van der Waals surface area contributed by atoms with Gasteiger partial charge < -0.3 is 5.41 Å². The molecule has 9 heavy (non-hydrogen) atoms. The Kier molecular flexibility index (Phi) is 1.75. The molecule has 0 amide bonds. The summed E-state index contributed by atoms with van der Waals surface area (Å²) in [6, 6.07) is 1.52. The maximum atomic E-state index is 6.77. The Balaban J connectivity index is 3.07. The van der Waals surface area contributed by atoms with Crippen LogP contribution in [0.15, 0.2) is 12.4 Å². The molecule has 0 aliphatic heterocycles. The highest BCUT2D eigenvalue weighted by Crippen LogP contribution is 2.00. The van der Waals surface area contributed by atoms with Crippen molar-refractivity contribution < 1.29 is 0 Å². The first-order chi connectivity index (χ1) is 4.33. The fourth-order valence-electron chi connectivity index (χ4n) is 0.426. The van der Waals surface area contributed by atoms with Gasteiger partial charge in [0.1, 0.15) is 11.5 Å². The first kappa shape index (κ1) is 6.16. The summed E-state index contributed by atoms with van der Waals surface area (Å²) in [7, 11) is 0. The third kappa shape index (κ3) is 1.47. The van der Waals surface area contributed by atoms with Crippen LogP contribution in [0, 0.1) is 5.41 Å². The molecule has 0 fully saturated rings. The minimum Gasteiger partial charge on any atom is -0.307 e. The lowest BCUT2D eigenvalue weighted by Crippen LogP contribution is -1.86. The van der Waals surface area contributed by atoms with Crippen molar-refractivity contribution in [3.05, 3.63) is 23.2 Å². The summed E-state index contributed by atoms with van der Waals surface area (Å²) >= 11 is 5.47. The van der Waals surface area contributed by atoms with Crippen molar-refractivity contribution in [3.8, 4) is 0 Å². The van der Waals surface area contributed by atoms with Gasteiger partial charge in [-0.25, -0.2) is 9.97 Å². The van der Waals surface area contributed by atoms with Crippen molar-refractivity contribution in [1.82, 2.24) is 9.97 Å². The second-order valence-corrected chi connectivity index (χ2v) is 1.80. The minimum absolute atomic E-state index is 0.364. The SMILES string of the molecule is N=Cc1cc(Cl)ncn1. The molecule has 0 spiro atoms. The lowest BCUT2D eigenvalue weighted by Gasteiger charge is -1.87. The Morgan fingerprint density at radius 1 is 1.56 bits per heavy atom. The zero-order valence-electron chi connectivity index (χ0n) is 4.50. The predicted octanol–water partition coefficient (Wildman–Crippen LogP) is 1.13. The molecular formula is C5H4ClN3. The van der Waals surface area contributed by atoms with E-state index in [1.165, 1.54) is 12.4 Å². The first-order valence-corrected chi connectivity index (χ1v) is 2.69. The normalized spacial score (nSPS) is 9.00. The Labute approximate surface area is 57.2 Å². The van der Waals surface area contributed by atoms with Crippen molar-refractivity contribution >= 4 is 17.8 Å². The third-order valence-electron chi connectivity index (χ3n) is 0.803. The van der Waals surface area contributed by atoms with Crippen LogP contribution < -0.4 is 0 Å². The van der Waals surface area contributed by atoms with E-state index in [-0.39, 0.29) is 0 Å². The first-order valence-electron chi connectivity index (χ1n) is 2.31. The molecule has 0 bridgehead atoms. The van der Waals surface area contributed by atoms with Crippen molar-refractivity contribution in [2.45, 2.75) is 0 Å². The number of rotatable bonds is 1. The van der Waals surface area contributed by atoms with Crippen LogP contribution in [0.5, 0.6) is 0 Å². The average molecular weight is 142 g/mol. The predicted molar refractivity (Wildman–Crippen MR) is 34.9 cm³/mol.